The van der Waals surface area contributed by atoms with Crippen LogP contribution in [0.1, 0.15) is 5.56 Å². The smallest absolute Gasteiger partial charge is 0.333 e. The predicted molar refractivity (Wildman–Crippen MR) is 155 cm³/mol. The number of hydrogen-bond donors (Lipinski definition) is 2. The van der Waals surface area contributed by atoms with Crippen LogP contribution in [0.25, 0.3) is 28.2 Å². The van der Waals surface area contributed by atoms with E-state index in [4.69, 9.17) is 38.7 Å². The Balaban J connectivity index is 1.87. The van der Waals surface area contributed by atoms with E-state index in [2.05, 4.69) is 0 Å². The van der Waals surface area contributed by atoms with Gasteiger partial charge in [0, 0.05) is 27.4 Å². The van der Waals surface area contributed by atoms with Crippen molar-refractivity contribution in [3.63, 3.8) is 0 Å². The van der Waals surface area contributed by atoms with E-state index in [0.29, 0.717) is 37.6 Å². The van der Waals surface area contributed by atoms with Gasteiger partial charge in [-0.1, -0.05) is 47.5 Å². The number of imidazole rings is 1. The van der Waals surface area contributed by atoms with E-state index >= 15 is 0 Å². The quantitative estimate of drug-likeness (QED) is 0.292. The number of hydrogen-bond acceptors (Lipinski definition) is 6. The Bertz CT molecular complexity index is 2010. The van der Waals surface area contributed by atoms with Gasteiger partial charge in [-0.2, -0.15) is 0 Å². The van der Waals surface area contributed by atoms with Gasteiger partial charge < -0.3 is 5.73 Å². The first-order valence-corrected chi connectivity index (χ1v) is 14.6. The minimum atomic E-state index is -2.93. The molecule has 5 rings (SSSR count). The molecule has 0 aliphatic carbocycles. The molecule has 5 aromatic rings. The van der Waals surface area contributed by atoms with Crippen LogP contribution in [0.3, 0.4) is 0 Å². The number of nitrogens with one attached hydrogen (secondary N) is 1. The molecule has 0 aliphatic heterocycles. The highest BCUT2D eigenvalue weighted by Gasteiger charge is 2.25. The molecule has 1 atom stereocenters. The molecule has 0 radical (unpaired) electrons. The molecule has 204 valence electrons. The number of nitrogens with two attached hydrogens (primary N) is 1. The first-order chi connectivity index (χ1) is 19.0. The summed E-state index contributed by atoms with van der Waals surface area (Å²) < 4.78 is 23.5. The van der Waals surface area contributed by atoms with Gasteiger partial charge in [-0.05, 0) is 54.1 Å². The van der Waals surface area contributed by atoms with E-state index in [1.807, 2.05) is 0 Å². The maximum atomic E-state index is 13.8. The van der Waals surface area contributed by atoms with Crippen molar-refractivity contribution in [3.8, 4) is 17.1 Å². The zero-order valence-corrected chi connectivity index (χ0v) is 23.3. The second kappa shape index (κ2) is 10.4. The molecule has 0 bridgehead atoms. The number of amides is 1. The number of primary amides is 1. The highest BCUT2D eigenvalue weighted by molar-refractivity contribution is 7.91. The molecule has 2 heterocycles. The molecule has 3 N–H and O–H groups in total. The van der Waals surface area contributed by atoms with Crippen LogP contribution in [0.2, 0.25) is 10.0 Å². The molecule has 0 fully saturated rings. The molecule has 40 heavy (non-hydrogen) atoms. The van der Waals surface area contributed by atoms with Crippen molar-refractivity contribution < 1.29 is 9.00 Å². The van der Waals surface area contributed by atoms with Crippen LogP contribution < -0.4 is 17.0 Å². The summed E-state index contributed by atoms with van der Waals surface area (Å²) in [6, 6.07) is 20.0. The fourth-order valence-corrected chi connectivity index (χ4v) is 5.38. The Morgan fingerprint density at radius 2 is 1.62 bits per heavy atom. The van der Waals surface area contributed by atoms with Crippen LogP contribution in [0.4, 0.5) is 0 Å². The summed E-state index contributed by atoms with van der Waals surface area (Å²) in [6.45, 7) is -0.687. The monoisotopic (exact) mass is 596 g/mol. The number of rotatable bonds is 7. The number of carbonyl (C=O) groups excluding carboxylic acids is 1. The third-order valence-corrected chi connectivity index (χ3v) is 8.00. The zero-order chi connectivity index (χ0) is 28.8. The van der Waals surface area contributed by atoms with Gasteiger partial charge in [0.1, 0.15) is 12.4 Å². The van der Waals surface area contributed by atoms with E-state index in [0.717, 1.165) is 4.57 Å². The molecule has 2 aromatic heterocycles. The number of fused-ring (bicyclic) bond motifs is 1. The fourth-order valence-electron chi connectivity index (χ4n) is 4.38. The first kappa shape index (κ1) is 27.4. The molecule has 1 unspecified atom stereocenters. The normalized spacial score (nSPS) is 12.9. The Hall–Kier alpha value is -4.19. The van der Waals surface area contributed by atoms with Gasteiger partial charge in [0.15, 0.2) is 11.2 Å². The highest BCUT2D eigenvalue weighted by atomic mass is 35.5. The average molecular weight is 597 g/mol. The Labute approximate surface area is 238 Å². The number of aromatic nitrogens is 4. The molecular formula is C27H22Cl2N6O4S. The van der Waals surface area contributed by atoms with Crippen molar-refractivity contribution in [3.05, 3.63) is 109 Å². The van der Waals surface area contributed by atoms with Gasteiger partial charge in [0.2, 0.25) is 5.91 Å². The highest BCUT2D eigenvalue weighted by Crippen LogP contribution is 2.32. The Morgan fingerprint density at radius 1 is 0.975 bits per heavy atom. The van der Waals surface area contributed by atoms with Crippen LogP contribution in [-0.4, -0.2) is 35.1 Å². The fraction of sp³-hybridized carbons (Fsp3) is 0.111. The van der Waals surface area contributed by atoms with Crippen LogP contribution >= 0.6 is 23.2 Å². The summed E-state index contributed by atoms with van der Waals surface area (Å²) in [5, 5.41) is 0.844. The third kappa shape index (κ3) is 5.06. The lowest BCUT2D eigenvalue weighted by Crippen LogP contribution is -2.43. The molecular weight excluding hydrogens is 575 g/mol. The van der Waals surface area contributed by atoms with E-state index in [-0.39, 0.29) is 17.7 Å². The van der Waals surface area contributed by atoms with Crippen LogP contribution in [-0.2, 0) is 27.6 Å². The lowest BCUT2D eigenvalue weighted by Gasteiger charge is -2.13. The molecule has 10 nitrogen and oxygen atoms in total. The van der Waals surface area contributed by atoms with Crippen LogP contribution in [0, 0.1) is 4.78 Å². The van der Waals surface area contributed by atoms with E-state index in [1.54, 1.807) is 77.4 Å². The second-order valence-corrected chi connectivity index (χ2v) is 12.1. The summed E-state index contributed by atoms with van der Waals surface area (Å²) >= 11 is 12.7. The maximum absolute atomic E-state index is 13.8. The number of halogens is 2. The molecule has 1 amide bonds. The Kier molecular flexibility index (Phi) is 7.13. The summed E-state index contributed by atoms with van der Waals surface area (Å²) in [7, 11) is -2.93. The summed E-state index contributed by atoms with van der Waals surface area (Å²) in [5.74, 6) is -0.577. The van der Waals surface area contributed by atoms with Gasteiger partial charge in [0.05, 0.1) is 21.3 Å². The first-order valence-electron chi connectivity index (χ1n) is 11.8. The minimum absolute atomic E-state index is 0.0254. The topological polar surface area (TPSA) is 146 Å². The predicted octanol–water partition coefficient (Wildman–Crippen LogP) is 3.89. The van der Waals surface area contributed by atoms with Crippen molar-refractivity contribution >= 4 is 50.0 Å². The van der Waals surface area contributed by atoms with Crippen molar-refractivity contribution in [2.45, 2.75) is 18.0 Å². The minimum Gasteiger partial charge on any atom is -0.368 e. The summed E-state index contributed by atoms with van der Waals surface area (Å²) in [6.07, 6.45) is 1.31. The molecule has 0 spiro atoms. The lowest BCUT2D eigenvalue weighted by molar-refractivity contribution is -0.118. The standard InChI is InChI=1S/C27H22Cl2N6O4S/c1-40(31,39)19-12-6-16(7-13-19)14-33-25-23(26(37)34(27(33)38)15-22(30)36)35(18-10-8-17(28)9-11-18)24(32-25)20-4-2-3-5-21(20)29/h2-13,31H,14-15H2,1H3,(H2,30,36). The van der Waals surface area contributed by atoms with E-state index in [1.165, 1.54) is 10.8 Å². The van der Waals surface area contributed by atoms with E-state index < -0.39 is 33.4 Å². The van der Waals surface area contributed by atoms with Gasteiger partial charge in [0.25, 0.3) is 5.56 Å². The number of nitrogens with zero attached hydrogens (tertiary/aromatic N) is 4. The summed E-state index contributed by atoms with van der Waals surface area (Å²) in [4.78, 5) is 44.4. The van der Waals surface area contributed by atoms with Gasteiger partial charge in [-0.15, -0.1) is 0 Å². The third-order valence-electron chi connectivity index (χ3n) is 6.25. The van der Waals surface area contributed by atoms with Gasteiger partial charge in [-0.25, -0.2) is 23.3 Å². The average Bonchev–Trinajstić information content (AvgIpc) is 3.30. The van der Waals surface area contributed by atoms with Crippen LogP contribution in [0.5, 0.6) is 0 Å². The molecule has 13 heteroatoms. The van der Waals surface area contributed by atoms with Gasteiger partial charge >= 0.3 is 5.69 Å². The van der Waals surface area contributed by atoms with Crippen molar-refractivity contribution in [2.75, 3.05) is 6.26 Å². The van der Waals surface area contributed by atoms with E-state index in [9.17, 15) is 18.6 Å². The zero-order valence-electron chi connectivity index (χ0n) is 21.0. The Morgan fingerprint density at radius 3 is 2.23 bits per heavy atom. The van der Waals surface area contributed by atoms with Gasteiger partial charge in [-0.3, -0.25) is 18.7 Å². The van der Waals surface area contributed by atoms with Crippen molar-refractivity contribution in [1.82, 2.24) is 18.7 Å². The van der Waals surface area contributed by atoms with Crippen molar-refractivity contribution in [2.24, 2.45) is 5.73 Å². The lowest BCUT2D eigenvalue weighted by atomic mass is 10.2. The van der Waals surface area contributed by atoms with Crippen LogP contribution in [0.15, 0.2) is 87.3 Å². The summed E-state index contributed by atoms with van der Waals surface area (Å²) in [5.41, 5.74) is 5.58. The van der Waals surface area contributed by atoms with Crippen molar-refractivity contribution in [1.29, 1.82) is 4.78 Å². The molecule has 3 aromatic carbocycles. The largest absolute Gasteiger partial charge is 0.368 e. The second-order valence-electron chi connectivity index (χ2n) is 9.11. The molecule has 0 saturated carbocycles. The number of carbonyl (C=O) groups is 1. The SMILES string of the molecule is CS(=N)(=O)c1ccc(Cn2c(=O)n(CC(N)=O)c(=O)c3c2nc(-c2ccccc2Cl)n3-c2ccc(Cl)cc2)cc1. The molecule has 0 aliphatic rings. The number of benzene rings is 3. The molecule has 0 saturated heterocycles. The maximum Gasteiger partial charge on any atom is 0.333 e.